The summed E-state index contributed by atoms with van der Waals surface area (Å²) in [6.07, 6.45) is 0.453. The Hall–Kier alpha value is -0.540. The van der Waals surface area contributed by atoms with Crippen molar-refractivity contribution >= 4 is 29.6 Å². The molecule has 1 aliphatic rings. The lowest BCUT2D eigenvalue weighted by Gasteiger charge is -2.15. The molecule has 0 bridgehead atoms. The van der Waals surface area contributed by atoms with Crippen molar-refractivity contribution < 1.29 is 0 Å². The Morgan fingerprint density at radius 2 is 2.64 bits per heavy atom. The van der Waals surface area contributed by atoms with Crippen LogP contribution in [0.3, 0.4) is 0 Å². The molecular formula is C5H8N4S2. The molecule has 1 rings (SSSR count). The topological polar surface area (TPSA) is 65.4 Å². The first-order chi connectivity index (χ1) is 5.24. The number of hydrazone groups is 1. The van der Waals surface area contributed by atoms with Crippen LogP contribution in [0.2, 0.25) is 0 Å². The van der Waals surface area contributed by atoms with E-state index in [9.17, 15) is 0 Å². The predicted octanol–water partition coefficient (Wildman–Crippen LogP) is 0.392. The van der Waals surface area contributed by atoms with Gasteiger partial charge in [0.05, 0.1) is 19.0 Å². The Kier molecular flexibility index (Phi) is 2.91. The van der Waals surface area contributed by atoms with E-state index in [2.05, 4.69) is 17.7 Å². The number of nitrogens with zero attached hydrogens (tertiary/aromatic N) is 3. The standard InChI is InChI=1S/C5H8N4S2/c6-2-1-3-9-5(10)11-4(7)8-9/h5,10H,1,3H2,(H2,7,8). The predicted molar refractivity (Wildman–Crippen MR) is 48.9 cm³/mol. The van der Waals surface area contributed by atoms with Crippen molar-refractivity contribution in [2.45, 2.75) is 11.1 Å². The van der Waals surface area contributed by atoms with Crippen molar-refractivity contribution in [1.29, 1.82) is 5.26 Å². The first kappa shape index (κ1) is 8.56. The Balaban J connectivity index is 2.40. The van der Waals surface area contributed by atoms with Crippen molar-refractivity contribution in [2.75, 3.05) is 6.54 Å². The quantitative estimate of drug-likeness (QED) is 0.615. The fourth-order valence-corrected chi connectivity index (χ4v) is 1.83. The van der Waals surface area contributed by atoms with Crippen LogP contribution in [0.4, 0.5) is 0 Å². The van der Waals surface area contributed by atoms with Gasteiger partial charge in [-0.25, -0.2) is 0 Å². The highest BCUT2D eigenvalue weighted by Gasteiger charge is 2.21. The zero-order valence-electron chi connectivity index (χ0n) is 5.77. The molecule has 0 aromatic rings. The van der Waals surface area contributed by atoms with E-state index in [1.807, 2.05) is 6.07 Å². The Labute approximate surface area is 74.8 Å². The third-order valence-corrected chi connectivity index (χ3v) is 2.52. The Morgan fingerprint density at radius 1 is 1.91 bits per heavy atom. The average Bonchev–Trinajstić information content (AvgIpc) is 2.26. The molecule has 1 unspecified atom stereocenters. The van der Waals surface area contributed by atoms with Gasteiger partial charge in [-0.2, -0.15) is 10.4 Å². The van der Waals surface area contributed by atoms with Crippen LogP contribution in [0.25, 0.3) is 0 Å². The second-order valence-electron chi connectivity index (χ2n) is 1.95. The lowest BCUT2D eigenvalue weighted by atomic mass is 10.5. The van der Waals surface area contributed by atoms with E-state index in [1.54, 1.807) is 5.01 Å². The molecule has 0 aromatic heterocycles. The number of hydrogen-bond donors (Lipinski definition) is 2. The normalized spacial score (nSPS) is 23.1. The maximum atomic E-state index is 8.29. The first-order valence-electron chi connectivity index (χ1n) is 3.06. The minimum atomic E-state index is -0.0247. The molecule has 0 saturated carbocycles. The molecule has 0 aliphatic carbocycles. The van der Waals surface area contributed by atoms with E-state index in [0.29, 0.717) is 18.1 Å². The SMILES string of the molecule is N#CCCN1N=C(N)SC1S. The van der Waals surface area contributed by atoms with Crippen LogP contribution in [-0.2, 0) is 0 Å². The van der Waals surface area contributed by atoms with E-state index in [0.717, 1.165) is 0 Å². The minimum absolute atomic E-state index is 0.0247. The third kappa shape index (κ3) is 2.20. The summed E-state index contributed by atoms with van der Waals surface area (Å²) in [5.74, 6) is 0. The van der Waals surface area contributed by atoms with E-state index in [4.69, 9.17) is 11.0 Å². The van der Waals surface area contributed by atoms with Gasteiger partial charge in [-0.1, -0.05) is 0 Å². The molecule has 0 aromatic carbocycles. The molecule has 0 spiro atoms. The zero-order valence-corrected chi connectivity index (χ0v) is 7.48. The summed E-state index contributed by atoms with van der Waals surface area (Å²) in [5, 5.41) is 14.5. The molecule has 60 valence electrons. The molecule has 0 saturated heterocycles. The van der Waals surface area contributed by atoms with Crippen LogP contribution in [0, 0.1) is 11.3 Å². The molecule has 0 amide bonds. The second kappa shape index (κ2) is 3.74. The van der Waals surface area contributed by atoms with Gasteiger partial charge in [0.15, 0.2) is 5.17 Å². The molecule has 6 heteroatoms. The van der Waals surface area contributed by atoms with Crippen molar-refractivity contribution in [3.63, 3.8) is 0 Å². The number of hydrogen-bond acceptors (Lipinski definition) is 6. The van der Waals surface area contributed by atoms with Gasteiger partial charge in [-0.3, -0.25) is 5.01 Å². The smallest absolute Gasteiger partial charge is 0.180 e. The Morgan fingerprint density at radius 3 is 3.09 bits per heavy atom. The summed E-state index contributed by atoms with van der Waals surface area (Å²) in [5.41, 5.74) is 5.43. The molecule has 1 aliphatic heterocycles. The van der Waals surface area contributed by atoms with Crippen molar-refractivity contribution in [1.82, 2.24) is 5.01 Å². The molecular weight excluding hydrogens is 180 g/mol. The highest BCUT2D eigenvalue weighted by Crippen LogP contribution is 2.26. The van der Waals surface area contributed by atoms with Crippen LogP contribution in [0.15, 0.2) is 5.10 Å². The Bertz CT molecular complexity index is 209. The van der Waals surface area contributed by atoms with E-state index in [1.165, 1.54) is 11.8 Å². The fraction of sp³-hybridized carbons (Fsp3) is 0.600. The molecule has 1 heterocycles. The summed E-state index contributed by atoms with van der Waals surface area (Å²) in [4.78, 5) is 0. The van der Waals surface area contributed by atoms with Gasteiger partial charge in [0, 0.05) is 0 Å². The average molecular weight is 188 g/mol. The number of rotatable bonds is 2. The van der Waals surface area contributed by atoms with Crippen LogP contribution in [0.1, 0.15) is 6.42 Å². The van der Waals surface area contributed by atoms with Gasteiger partial charge in [0.1, 0.15) is 4.71 Å². The summed E-state index contributed by atoms with van der Waals surface area (Å²) >= 11 is 5.59. The maximum absolute atomic E-state index is 8.29. The van der Waals surface area contributed by atoms with Gasteiger partial charge < -0.3 is 5.73 Å². The van der Waals surface area contributed by atoms with E-state index >= 15 is 0 Å². The summed E-state index contributed by atoms with van der Waals surface area (Å²) in [6, 6.07) is 2.04. The van der Waals surface area contributed by atoms with Crippen LogP contribution in [0.5, 0.6) is 0 Å². The highest BCUT2D eigenvalue weighted by atomic mass is 32.2. The third-order valence-electron chi connectivity index (χ3n) is 1.16. The van der Waals surface area contributed by atoms with Gasteiger partial charge in [0.2, 0.25) is 0 Å². The molecule has 0 radical (unpaired) electrons. The highest BCUT2D eigenvalue weighted by molar-refractivity contribution is 8.21. The summed E-state index contributed by atoms with van der Waals surface area (Å²) in [7, 11) is 0. The molecule has 11 heavy (non-hydrogen) atoms. The number of amidine groups is 1. The van der Waals surface area contributed by atoms with Crippen LogP contribution < -0.4 is 5.73 Å². The van der Waals surface area contributed by atoms with E-state index < -0.39 is 0 Å². The minimum Gasteiger partial charge on any atom is -0.377 e. The number of nitrogens with two attached hydrogens (primary N) is 1. The first-order valence-corrected chi connectivity index (χ1v) is 4.46. The van der Waals surface area contributed by atoms with Crippen LogP contribution in [-0.4, -0.2) is 21.4 Å². The summed E-state index contributed by atoms with van der Waals surface area (Å²) in [6.45, 7) is 0.596. The monoisotopic (exact) mass is 188 g/mol. The molecule has 0 fully saturated rings. The maximum Gasteiger partial charge on any atom is 0.180 e. The largest absolute Gasteiger partial charge is 0.377 e. The fourth-order valence-electron chi connectivity index (χ4n) is 0.693. The molecule has 2 N–H and O–H groups in total. The van der Waals surface area contributed by atoms with Gasteiger partial charge in [0.25, 0.3) is 0 Å². The molecule has 4 nitrogen and oxygen atoms in total. The van der Waals surface area contributed by atoms with Gasteiger partial charge in [-0.15, -0.1) is 12.6 Å². The lowest BCUT2D eigenvalue weighted by Crippen LogP contribution is -2.20. The van der Waals surface area contributed by atoms with Gasteiger partial charge >= 0.3 is 0 Å². The lowest BCUT2D eigenvalue weighted by molar-refractivity contribution is 0.338. The number of nitriles is 1. The number of thioether (sulfide) groups is 1. The molecule has 1 atom stereocenters. The van der Waals surface area contributed by atoms with Gasteiger partial charge in [-0.05, 0) is 11.8 Å². The van der Waals surface area contributed by atoms with Crippen molar-refractivity contribution in [3.05, 3.63) is 0 Å². The zero-order chi connectivity index (χ0) is 8.27. The second-order valence-corrected chi connectivity index (χ2v) is 3.89. The van der Waals surface area contributed by atoms with Crippen molar-refractivity contribution in [3.8, 4) is 6.07 Å². The number of thiol groups is 1. The van der Waals surface area contributed by atoms with Crippen molar-refractivity contribution in [2.24, 2.45) is 10.8 Å². The summed E-state index contributed by atoms with van der Waals surface area (Å²) < 4.78 is -0.0247. The van der Waals surface area contributed by atoms with E-state index in [-0.39, 0.29) is 4.71 Å². The van der Waals surface area contributed by atoms with Crippen LogP contribution >= 0.6 is 24.4 Å².